The molecule has 0 aliphatic heterocycles. The molecule has 0 saturated carbocycles. The molecule has 168 valence electrons. The molecule has 0 amide bonds. The molecule has 0 aliphatic rings. The third-order valence-electron chi connectivity index (χ3n) is 7.00. The number of carboxylic acid groups (broad SMARTS) is 1. The minimum atomic E-state index is -0.775. The quantitative estimate of drug-likeness (QED) is 0.260. The van der Waals surface area contributed by atoms with Gasteiger partial charge in [-0.25, -0.2) is 4.79 Å². The Morgan fingerprint density at radius 1 is 0.618 bits per heavy atom. The van der Waals surface area contributed by atoms with Gasteiger partial charge in [0.05, 0.1) is 0 Å². The van der Waals surface area contributed by atoms with Crippen LogP contribution in [0.1, 0.15) is 25.3 Å². The molecule has 4 heteroatoms. The predicted octanol–water partition coefficient (Wildman–Crippen LogP) is 7.40. The summed E-state index contributed by atoms with van der Waals surface area (Å²) in [6.07, 6.45) is 2.34. The molecule has 34 heavy (non-hydrogen) atoms. The first-order chi connectivity index (χ1) is 16.7. The normalized spacial score (nSPS) is 12.7. The summed E-state index contributed by atoms with van der Waals surface area (Å²) in [5.41, 5.74) is 4.44. The lowest BCUT2D eigenvalue weighted by Gasteiger charge is -2.17. The Labute approximate surface area is 197 Å². The van der Waals surface area contributed by atoms with E-state index in [0.29, 0.717) is 6.42 Å². The number of fused-ring (bicyclic) bond motifs is 6. The highest BCUT2D eigenvalue weighted by Gasteiger charge is 2.23. The summed E-state index contributed by atoms with van der Waals surface area (Å²) in [6, 6.07) is 32.7. The third kappa shape index (κ3) is 3.26. The molecular weight excluding hydrogens is 420 g/mol. The van der Waals surface area contributed by atoms with Gasteiger partial charge in [-0.05, 0) is 43.5 Å². The highest BCUT2D eigenvalue weighted by molar-refractivity contribution is 6.09. The molecule has 0 saturated heterocycles. The van der Waals surface area contributed by atoms with E-state index in [1.807, 2.05) is 41.0 Å². The van der Waals surface area contributed by atoms with Crippen molar-refractivity contribution in [2.75, 3.05) is 0 Å². The van der Waals surface area contributed by atoms with E-state index < -0.39 is 12.0 Å². The average Bonchev–Trinajstić information content (AvgIpc) is 3.37. The van der Waals surface area contributed by atoms with E-state index in [1.54, 1.807) is 0 Å². The maximum absolute atomic E-state index is 12.4. The lowest BCUT2D eigenvalue weighted by molar-refractivity contribution is -0.140. The SMILES string of the molecule is O=C(O)[C@@H](CCCCn1c2ccccc2c2ccccc21)n1c2ccccc2c2ccccc21. The van der Waals surface area contributed by atoms with Crippen molar-refractivity contribution in [3.63, 3.8) is 0 Å². The van der Waals surface area contributed by atoms with Crippen molar-refractivity contribution >= 4 is 49.6 Å². The van der Waals surface area contributed by atoms with Crippen LogP contribution in [0.4, 0.5) is 0 Å². The van der Waals surface area contributed by atoms with Gasteiger partial charge in [0.1, 0.15) is 6.04 Å². The number of nitrogens with zero attached hydrogens (tertiary/aromatic N) is 2. The zero-order valence-corrected chi connectivity index (χ0v) is 18.9. The molecule has 4 aromatic carbocycles. The standard InChI is InChI=1S/C30H26N2O2/c33-30(34)29(32-27-17-7-3-13-23(27)24-14-4-8-18-28(24)32)19-9-10-20-31-25-15-5-1-11-21(25)22-12-2-6-16-26(22)31/h1-8,11-18,29H,9-10,19-20H2,(H,33,34)/t29-/m1/s1. The molecule has 2 aromatic heterocycles. The zero-order chi connectivity index (χ0) is 23.1. The van der Waals surface area contributed by atoms with Crippen molar-refractivity contribution in [2.45, 2.75) is 31.8 Å². The second-order valence-electron chi connectivity index (χ2n) is 8.94. The van der Waals surface area contributed by atoms with Crippen LogP contribution in [0.2, 0.25) is 0 Å². The fourth-order valence-electron chi connectivity index (χ4n) is 5.50. The third-order valence-corrected chi connectivity index (χ3v) is 7.00. The molecule has 0 unspecified atom stereocenters. The number of benzene rings is 4. The number of rotatable bonds is 7. The number of hydrogen-bond acceptors (Lipinski definition) is 1. The Morgan fingerprint density at radius 2 is 1.03 bits per heavy atom. The number of para-hydroxylation sites is 4. The van der Waals surface area contributed by atoms with Crippen molar-refractivity contribution in [3.05, 3.63) is 97.1 Å². The number of unbranched alkanes of at least 4 members (excludes halogenated alkanes) is 1. The summed E-state index contributed by atoms with van der Waals surface area (Å²) in [6.45, 7) is 0.869. The van der Waals surface area contributed by atoms with Gasteiger partial charge in [-0.15, -0.1) is 0 Å². The van der Waals surface area contributed by atoms with E-state index in [1.165, 1.54) is 21.8 Å². The molecule has 0 fully saturated rings. The maximum Gasteiger partial charge on any atom is 0.326 e. The monoisotopic (exact) mass is 446 g/mol. The van der Waals surface area contributed by atoms with E-state index in [2.05, 4.69) is 65.2 Å². The molecular formula is C30H26N2O2. The van der Waals surface area contributed by atoms with E-state index in [9.17, 15) is 9.90 Å². The van der Waals surface area contributed by atoms with Gasteiger partial charge in [0.25, 0.3) is 0 Å². The predicted molar refractivity (Wildman–Crippen MR) is 139 cm³/mol. The summed E-state index contributed by atoms with van der Waals surface area (Å²) in [5, 5.41) is 15.0. The fourth-order valence-corrected chi connectivity index (χ4v) is 5.50. The summed E-state index contributed by atoms with van der Waals surface area (Å²) in [4.78, 5) is 12.4. The number of carboxylic acids is 1. The minimum Gasteiger partial charge on any atom is -0.480 e. The average molecular weight is 447 g/mol. The summed E-state index contributed by atoms with van der Waals surface area (Å²) < 4.78 is 4.40. The lowest BCUT2D eigenvalue weighted by Crippen LogP contribution is -2.19. The second-order valence-corrected chi connectivity index (χ2v) is 8.94. The smallest absolute Gasteiger partial charge is 0.326 e. The lowest BCUT2D eigenvalue weighted by atomic mass is 10.1. The van der Waals surface area contributed by atoms with Crippen LogP contribution in [0.15, 0.2) is 97.1 Å². The van der Waals surface area contributed by atoms with Crippen LogP contribution in [0.25, 0.3) is 43.6 Å². The van der Waals surface area contributed by atoms with Crippen LogP contribution < -0.4 is 0 Å². The van der Waals surface area contributed by atoms with E-state index in [-0.39, 0.29) is 0 Å². The zero-order valence-electron chi connectivity index (χ0n) is 18.9. The van der Waals surface area contributed by atoms with Crippen molar-refractivity contribution in [3.8, 4) is 0 Å². The van der Waals surface area contributed by atoms with E-state index in [0.717, 1.165) is 41.2 Å². The Balaban J connectivity index is 1.29. The second kappa shape index (κ2) is 8.38. The number of aryl methyl sites for hydroxylation is 1. The number of carbonyl (C=O) groups is 1. The van der Waals surface area contributed by atoms with Gasteiger partial charge in [0, 0.05) is 50.2 Å². The van der Waals surface area contributed by atoms with Gasteiger partial charge in [0.15, 0.2) is 0 Å². The highest BCUT2D eigenvalue weighted by Crippen LogP contribution is 2.34. The minimum absolute atomic E-state index is 0.592. The molecule has 0 radical (unpaired) electrons. The van der Waals surface area contributed by atoms with Gasteiger partial charge < -0.3 is 14.2 Å². The van der Waals surface area contributed by atoms with Crippen LogP contribution in [0.3, 0.4) is 0 Å². The summed E-state index contributed by atoms with van der Waals surface area (Å²) in [5.74, 6) is -0.775. The van der Waals surface area contributed by atoms with Crippen molar-refractivity contribution in [1.82, 2.24) is 9.13 Å². The largest absolute Gasteiger partial charge is 0.480 e. The molecule has 2 heterocycles. The van der Waals surface area contributed by atoms with Gasteiger partial charge in [-0.3, -0.25) is 0 Å². The molecule has 6 aromatic rings. The van der Waals surface area contributed by atoms with Gasteiger partial charge in [0.2, 0.25) is 0 Å². The van der Waals surface area contributed by atoms with Crippen LogP contribution in [-0.4, -0.2) is 20.2 Å². The number of aliphatic carboxylic acids is 1. The van der Waals surface area contributed by atoms with Gasteiger partial charge >= 0.3 is 5.97 Å². The topological polar surface area (TPSA) is 47.2 Å². The molecule has 0 bridgehead atoms. The first-order valence-electron chi connectivity index (χ1n) is 11.9. The Morgan fingerprint density at radius 3 is 1.50 bits per heavy atom. The highest BCUT2D eigenvalue weighted by atomic mass is 16.4. The summed E-state index contributed by atoms with van der Waals surface area (Å²) >= 11 is 0. The van der Waals surface area contributed by atoms with Crippen LogP contribution in [0, 0.1) is 0 Å². The van der Waals surface area contributed by atoms with E-state index in [4.69, 9.17) is 0 Å². The van der Waals surface area contributed by atoms with E-state index >= 15 is 0 Å². The number of hydrogen-bond donors (Lipinski definition) is 1. The Hall–Kier alpha value is -4.05. The van der Waals surface area contributed by atoms with Gasteiger partial charge in [-0.1, -0.05) is 72.8 Å². The first-order valence-corrected chi connectivity index (χ1v) is 11.9. The van der Waals surface area contributed by atoms with Crippen molar-refractivity contribution in [2.24, 2.45) is 0 Å². The van der Waals surface area contributed by atoms with Crippen LogP contribution >= 0.6 is 0 Å². The van der Waals surface area contributed by atoms with Crippen LogP contribution in [-0.2, 0) is 11.3 Å². The van der Waals surface area contributed by atoms with Crippen molar-refractivity contribution < 1.29 is 9.90 Å². The fraction of sp³-hybridized carbons (Fsp3) is 0.167. The first kappa shape index (κ1) is 20.5. The van der Waals surface area contributed by atoms with Gasteiger partial charge in [-0.2, -0.15) is 0 Å². The summed E-state index contributed by atoms with van der Waals surface area (Å²) in [7, 11) is 0. The molecule has 4 nitrogen and oxygen atoms in total. The maximum atomic E-state index is 12.4. The number of aromatic nitrogens is 2. The Kier molecular flexibility index (Phi) is 5.06. The molecule has 1 N–H and O–H groups in total. The molecule has 1 atom stereocenters. The van der Waals surface area contributed by atoms with Crippen LogP contribution in [0.5, 0.6) is 0 Å². The molecule has 0 aliphatic carbocycles. The molecule has 6 rings (SSSR count). The van der Waals surface area contributed by atoms with Crippen molar-refractivity contribution in [1.29, 1.82) is 0 Å². The Bertz CT molecular complexity index is 1550. The molecule has 0 spiro atoms.